The minimum Gasteiger partial charge on any atom is -0.507 e. The van der Waals surface area contributed by atoms with Gasteiger partial charge in [-0.05, 0) is 34.0 Å². The fourth-order valence-corrected chi connectivity index (χ4v) is 2.60. The maximum atomic E-state index is 11.4. The zero-order valence-corrected chi connectivity index (χ0v) is 13.1. The van der Waals surface area contributed by atoms with Crippen molar-refractivity contribution in [1.29, 1.82) is 0 Å². The molecule has 0 radical (unpaired) electrons. The van der Waals surface area contributed by atoms with Gasteiger partial charge in [-0.25, -0.2) is 4.79 Å². The average Bonchev–Trinajstić information content (AvgIpc) is 2.58. The molecular formula is C20H16O4. The van der Waals surface area contributed by atoms with E-state index < -0.39 is 5.97 Å². The van der Waals surface area contributed by atoms with Crippen molar-refractivity contribution in [2.24, 2.45) is 0 Å². The molecule has 0 saturated carbocycles. The highest BCUT2D eigenvalue weighted by molar-refractivity contribution is 5.97. The van der Waals surface area contributed by atoms with Gasteiger partial charge in [-0.1, -0.05) is 48.6 Å². The predicted octanol–water partition coefficient (Wildman–Crippen LogP) is 4.42. The number of hydrogen-bond donors (Lipinski definition) is 2. The monoisotopic (exact) mass is 320 g/mol. The summed E-state index contributed by atoms with van der Waals surface area (Å²) < 4.78 is 5.09. The van der Waals surface area contributed by atoms with E-state index in [4.69, 9.17) is 4.74 Å². The number of methoxy groups -OCH3 is 1. The fraction of sp³-hybridized carbons (Fsp3) is 0.0500. The van der Waals surface area contributed by atoms with Crippen LogP contribution in [0, 0.1) is 0 Å². The summed E-state index contributed by atoms with van der Waals surface area (Å²) in [6.45, 7) is 0. The van der Waals surface area contributed by atoms with Crippen LogP contribution in [-0.4, -0.2) is 23.3 Å². The molecule has 24 heavy (non-hydrogen) atoms. The van der Waals surface area contributed by atoms with Crippen molar-refractivity contribution in [3.8, 4) is 11.5 Å². The predicted molar refractivity (Wildman–Crippen MR) is 94.5 cm³/mol. The number of benzene rings is 3. The van der Waals surface area contributed by atoms with E-state index in [0.717, 1.165) is 16.3 Å². The normalized spacial score (nSPS) is 11.0. The third-order valence-electron chi connectivity index (χ3n) is 3.80. The lowest BCUT2D eigenvalue weighted by atomic mass is 10.0. The molecule has 4 nitrogen and oxygen atoms in total. The SMILES string of the molecule is COc1cc(O)c(C(=O)O)c(/C=C/c2ccc3ccccc3c2)c1. The minimum absolute atomic E-state index is 0.146. The number of carboxylic acid groups (broad SMARTS) is 1. The number of phenols is 1. The van der Waals surface area contributed by atoms with Crippen LogP contribution in [0.25, 0.3) is 22.9 Å². The van der Waals surface area contributed by atoms with Crippen LogP contribution in [0.2, 0.25) is 0 Å². The van der Waals surface area contributed by atoms with Crippen LogP contribution >= 0.6 is 0 Å². The van der Waals surface area contributed by atoms with Crippen molar-refractivity contribution in [3.63, 3.8) is 0 Å². The maximum Gasteiger partial charge on any atom is 0.340 e. The van der Waals surface area contributed by atoms with Crippen molar-refractivity contribution >= 4 is 28.9 Å². The Bertz CT molecular complexity index is 942. The van der Waals surface area contributed by atoms with Crippen LogP contribution in [0.3, 0.4) is 0 Å². The van der Waals surface area contributed by atoms with E-state index in [0.29, 0.717) is 11.3 Å². The summed E-state index contributed by atoms with van der Waals surface area (Å²) in [5, 5.41) is 21.5. The minimum atomic E-state index is -1.19. The van der Waals surface area contributed by atoms with Crippen molar-refractivity contribution in [2.45, 2.75) is 0 Å². The van der Waals surface area contributed by atoms with Crippen LogP contribution in [0.4, 0.5) is 0 Å². The van der Waals surface area contributed by atoms with Gasteiger partial charge in [0.25, 0.3) is 0 Å². The smallest absolute Gasteiger partial charge is 0.340 e. The highest BCUT2D eigenvalue weighted by Gasteiger charge is 2.15. The molecular weight excluding hydrogens is 304 g/mol. The maximum absolute atomic E-state index is 11.4. The highest BCUT2D eigenvalue weighted by Crippen LogP contribution is 2.29. The zero-order chi connectivity index (χ0) is 17.1. The Morgan fingerprint density at radius 3 is 2.46 bits per heavy atom. The highest BCUT2D eigenvalue weighted by atomic mass is 16.5. The van der Waals surface area contributed by atoms with Crippen LogP contribution < -0.4 is 4.74 Å². The number of fused-ring (bicyclic) bond motifs is 1. The fourth-order valence-electron chi connectivity index (χ4n) is 2.60. The molecule has 4 heteroatoms. The lowest BCUT2D eigenvalue weighted by Crippen LogP contribution is -2.01. The average molecular weight is 320 g/mol. The molecule has 0 aliphatic carbocycles. The Hall–Kier alpha value is -3.27. The van der Waals surface area contributed by atoms with Crippen molar-refractivity contribution in [1.82, 2.24) is 0 Å². The molecule has 0 atom stereocenters. The molecule has 0 aliphatic rings. The topological polar surface area (TPSA) is 66.8 Å². The molecule has 2 N–H and O–H groups in total. The molecule has 0 unspecified atom stereocenters. The van der Waals surface area contributed by atoms with Gasteiger partial charge in [-0.3, -0.25) is 0 Å². The van der Waals surface area contributed by atoms with E-state index in [1.54, 1.807) is 12.1 Å². The van der Waals surface area contributed by atoms with Crippen LogP contribution in [0.1, 0.15) is 21.5 Å². The second-order valence-electron chi connectivity index (χ2n) is 5.36. The molecule has 120 valence electrons. The molecule has 3 rings (SSSR count). The van der Waals surface area contributed by atoms with Gasteiger partial charge in [0.15, 0.2) is 0 Å². The van der Waals surface area contributed by atoms with Crippen molar-refractivity contribution in [2.75, 3.05) is 7.11 Å². The van der Waals surface area contributed by atoms with E-state index >= 15 is 0 Å². The summed E-state index contributed by atoms with van der Waals surface area (Å²) in [5.74, 6) is -1.11. The molecule has 0 fully saturated rings. The third-order valence-corrected chi connectivity index (χ3v) is 3.80. The Labute approximate surface area is 139 Å². The summed E-state index contributed by atoms with van der Waals surface area (Å²) in [5.41, 5.74) is 1.17. The second kappa shape index (κ2) is 6.46. The molecule has 0 heterocycles. The van der Waals surface area contributed by atoms with Crippen molar-refractivity contribution in [3.05, 3.63) is 71.3 Å². The summed E-state index contributed by atoms with van der Waals surface area (Å²) >= 11 is 0. The van der Waals surface area contributed by atoms with Gasteiger partial charge in [-0.2, -0.15) is 0 Å². The summed E-state index contributed by atoms with van der Waals surface area (Å²) in [7, 11) is 1.46. The Kier molecular flexibility index (Phi) is 4.20. The van der Waals surface area contributed by atoms with Crippen molar-refractivity contribution < 1.29 is 19.7 Å². The molecule has 0 saturated heterocycles. The third kappa shape index (κ3) is 3.08. The molecule has 3 aromatic carbocycles. The van der Waals surface area contributed by atoms with Gasteiger partial charge in [0.05, 0.1) is 7.11 Å². The standard InChI is InChI=1S/C20H16O4/c1-24-17-11-16(19(20(22)23)18(21)12-17)9-7-13-6-8-14-4-2-3-5-15(14)10-13/h2-12,21H,1H3,(H,22,23)/b9-7+. The Balaban J connectivity index is 2.03. The zero-order valence-electron chi connectivity index (χ0n) is 13.1. The molecule has 0 aromatic heterocycles. The number of carboxylic acids is 1. The van der Waals surface area contributed by atoms with E-state index in [1.807, 2.05) is 48.5 Å². The summed E-state index contributed by atoms with van der Waals surface area (Å²) in [6.07, 6.45) is 3.48. The molecule has 3 aromatic rings. The lowest BCUT2D eigenvalue weighted by Gasteiger charge is -2.08. The van der Waals surface area contributed by atoms with Crippen LogP contribution in [0.15, 0.2) is 54.6 Å². The Morgan fingerprint density at radius 1 is 1.00 bits per heavy atom. The van der Waals surface area contributed by atoms with E-state index in [2.05, 4.69) is 0 Å². The molecule has 0 amide bonds. The first-order valence-corrected chi connectivity index (χ1v) is 7.39. The van der Waals surface area contributed by atoms with Crippen LogP contribution in [0.5, 0.6) is 11.5 Å². The van der Waals surface area contributed by atoms with Gasteiger partial charge in [-0.15, -0.1) is 0 Å². The molecule has 0 bridgehead atoms. The number of hydrogen-bond acceptors (Lipinski definition) is 3. The number of aromatic hydroxyl groups is 1. The molecule has 0 spiro atoms. The van der Waals surface area contributed by atoms with E-state index in [9.17, 15) is 15.0 Å². The Morgan fingerprint density at radius 2 is 1.75 bits per heavy atom. The number of rotatable bonds is 4. The first-order valence-electron chi connectivity index (χ1n) is 7.39. The van der Waals surface area contributed by atoms with Gasteiger partial charge in [0.1, 0.15) is 17.1 Å². The van der Waals surface area contributed by atoms with E-state index in [-0.39, 0.29) is 11.3 Å². The summed E-state index contributed by atoms with van der Waals surface area (Å²) in [6, 6.07) is 16.9. The second-order valence-corrected chi connectivity index (χ2v) is 5.36. The number of carbonyl (C=O) groups is 1. The largest absolute Gasteiger partial charge is 0.507 e. The number of aromatic carboxylic acids is 1. The van der Waals surface area contributed by atoms with Crippen LogP contribution in [-0.2, 0) is 0 Å². The number of ether oxygens (including phenoxy) is 1. The quantitative estimate of drug-likeness (QED) is 0.698. The summed E-state index contributed by atoms with van der Waals surface area (Å²) in [4.78, 5) is 11.4. The lowest BCUT2D eigenvalue weighted by molar-refractivity contribution is 0.0693. The van der Waals surface area contributed by atoms with Gasteiger partial charge >= 0.3 is 5.97 Å². The van der Waals surface area contributed by atoms with E-state index in [1.165, 1.54) is 13.2 Å². The first kappa shape index (κ1) is 15.6. The van der Waals surface area contributed by atoms with Gasteiger partial charge in [0.2, 0.25) is 0 Å². The van der Waals surface area contributed by atoms with Gasteiger partial charge < -0.3 is 14.9 Å². The molecule has 0 aliphatic heterocycles. The first-order chi connectivity index (χ1) is 11.6. The van der Waals surface area contributed by atoms with Gasteiger partial charge in [0, 0.05) is 6.07 Å².